The van der Waals surface area contributed by atoms with E-state index < -0.39 is 0 Å². The second kappa shape index (κ2) is 5.55. The molecule has 2 heteroatoms. The highest BCUT2D eigenvalue weighted by Gasteiger charge is 2.17. The van der Waals surface area contributed by atoms with E-state index in [0.29, 0.717) is 12.7 Å². The Morgan fingerprint density at radius 2 is 2.00 bits per heavy atom. The third-order valence-electron chi connectivity index (χ3n) is 1.88. The van der Waals surface area contributed by atoms with Gasteiger partial charge in [-0.1, -0.05) is 27.2 Å². The van der Waals surface area contributed by atoms with Gasteiger partial charge in [0.15, 0.2) is 0 Å². The Balaban J connectivity index is 3.52. The number of hydrogen-bond donors (Lipinski definition) is 1. The quantitative estimate of drug-likeness (QED) is 0.669. The summed E-state index contributed by atoms with van der Waals surface area (Å²) in [5.74, 6) is 0. The van der Waals surface area contributed by atoms with Gasteiger partial charge in [-0.3, -0.25) is 0 Å². The predicted molar refractivity (Wildman–Crippen MR) is 51.2 cm³/mol. The predicted octanol–water partition coefficient (Wildman–Crippen LogP) is 2.21. The van der Waals surface area contributed by atoms with Crippen LogP contribution in [-0.4, -0.2) is 24.4 Å². The van der Waals surface area contributed by atoms with Crippen LogP contribution in [0.25, 0.3) is 0 Å². The zero-order valence-electron chi connectivity index (χ0n) is 8.76. The van der Waals surface area contributed by atoms with Crippen LogP contribution in [0.15, 0.2) is 0 Å². The zero-order chi connectivity index (χ0) is 9.61. The summed E-state index contributed by atoms with van der Waals surface area (Å²) in [6.07, 6.45) is 2.57. The lowest BCUT2D eigenvalue weighted by Gasteiger charge is -2.23. The second-order valence-corrected chi connectivity index (χ2v) is 4.23. The van der Waals surface area contributed by atoms with Gasteiger partial charge in [-0.15, -0.1) is 0 Å². The van der Waals surface area contributed by atoms with E-state index in [1.807, 2.05) is 13.8 Å². The van der Waals surface area contributed by atoms with Gasteiger partial charge in [-0.2, -0.15) is 0 Å². The Bertz CT molecular complexity index is 110. The molecule has 0 amide bonds. The fourth-order valence-electron chi connectivity index (χ4n) is 0.903. The molecular formula is C10H22O2. The van der Waals surface area contributed by atoms with E-state index in [9.17, 15) is 0 Å². The molecule has 0 aromatic rings. The fraction of sp³-hybridized carbons (Fsp3) is 1.00. The van der Waals surface area contributed by atoms with Crippen LogP contribution in [-0.2, 0) is 4.74 Å². The third kappa shape index (κ3) is 5.56. The lowest BCUT2D eigenvalue weighted by molar-refractivity contribution is -0.0129. The molecule has 0 saturated carbocycles. The summed E-state index contributed by atoms with van der Waals surface area (Å²) in [7, 11) is 0. The number of rotatable bonds is 6. The summed E-state index contributed by atoms with van der Waals surface area (Å²) >= 11 is 0. The van der Waals surface area contributed by atoms with E-state index in [1.165, 1.54) is 0 Å². The normalized spacial score (nSPS) is 14.8. The van der Waals surface area contributed by atoms with Crippen molar-refractivity contribution in [3.63, 3.8) is 0 Å². The maximum atomic E-state index is 8.96. The number of aliphatic hydroxyl groups excluding tert-OH is 1. The van der Waals surface area contributed by atoms with Crippen LogP contribution in [0.5, 0.6) is 0 Å². The number of aliphatic hydroxyl groups is 1. The van der Waals surface area contributed by atoms with Gasteiger partial charge in [0.05, 0.1) is 19.3 Å². The van der Waals surface area contributed by atoms with Gasteiger partial charge >= 0.3 is 0 Å². The lowest BCUT2D eigenvalue weighted by atomic mass is 9.96. The van der Waals surface area contributed by atoms with Crippen molar-refractivity contribution in [2.75, 3.05) is 13.2 Å². The van der Waals surface area contributed by atoms with Crippen molar-refractivity contribution < 1.29 is 9.84 Å². The lowest BCUT2D eigenvalue weighted by Crippen LogP contribution is -2.26. The average Bonchev–Trinajstić information content (AvgIpc) is 2.02. The van der Waals surface area contributed by atoms with Crippen molar-refractivity contribution in [1.29, 1.82) is 0 Å². The molecule has 0 aliphatic rings. The molecule has 0 radical (unpaired) electrons. The Morgan fingerprint density at radius 3 is 2.42 bits per heavy atom. The maximum Gasteiger partial charge on any atom is 0.0547 e. The molecule has 0 aromatic heterocycles. The van der Waals surface area contributed by atoms with Crippen LogP contribution in [0.2, 0.25) is 0 Å². The molecule has 0 heterocycles. The van der Waals surface area contributed by atoms with E-state index in [1.54, 1.807) is 0 Å². The van der Waals surface area contributed by atoms with E-state index in [-0.39, 0.29) is 12.0 Å². The first-order chi connectivity index (χ1) is 5.52. The molecule has 0 aliphatic carbocycles. The van der Waals surface area contributed by atoms with Crippen LogP contribution in [0, 0.1) is 5.41 Å². The fourth-order valence-corrected chi connectivity index (χ4v) is 0.903. The minimum atomic E-state index is -0.0952. The molecule has 1 unspecified atom stereocenters. The minimum Gasteiger partial charge on any atom is -0.396 e. The molecule has 0 saturated heterocycles. The molecule has 12 heavy (non-hydrogen) atoms. The van der Waals surface area contributed by atoms with Crippen molar-refractivity contribution in [3.05, 3.63) is 0 Å². The topological polar surface area (TPSA) is 29.5 Å². The summed E-state index contributed by atoms with van der Waals surface area (Å²) in [4.78, 5) is 0. The summed E-state index contributed by atoms with van der Waals surface area (Å²) < 4.78 is 5.58. The Labute approximate surface area is 75.9 Å². The molecule has 1 atom stereocenters. The van der Waals surface area contributed by atoms with Gasteiger partial charge in [0.1, 0.15) is 0 Å². The van der Waals surface area contributed by atoms with Crippen LogP contribution in [0.3, 0.4) is 0 Å². The van der Waals surface area contributed by atoms with E-state index in [2.05, 4.69) is 13.8 Å². The minimum absolute atomic E-state index is 0.0952. The SMILES string of the molecule is CCCC(C)OCC(C)(C)CO. The summed E-state index contributed by atoms with van der Waals surface area (Å²) in [5.41, 5.74) is -0.0952. The van der Waals surface area contributed by atoms with E-state index in [0.717, 1.165) is 12.8 Å². The Kier molecular flexibility index (Phi) is 5.51. The average molecular weight is 174 g/mol. The Hall–Kier alpha value is -0.0800. The highest BCUT2D eigenvalue weighted by molar-refractivity contribution is 4.66. The number of ether oxygens (including phenoxy) is 1. The highest BCUT2D eigenvalue weighted by atomic mass is 16.5. The summed E-state index contributed by atoms with van der Waals surface area (Å²) in [6, 6.07) is 0. The van der Waals surface area contributed by atoms with Gasteiger partial charge in [-0.05, 0) is 13.3 Å². The summed E-state index contributed by atoms with van der Waals surface area (Å²) in [5, 5.41) is 8.96. The number of hydrogen-bond acceptors (Lipinski definition) is 2. The van der Waals surface area contributed by atoms with Crippen molar-refractivity contribution in [2.24, 2.45) is 5.41 Å². The maximum absolute atomic E-state index is 8.96. The van der Waals surface area contributed by atoms with Crippen molar-refractivity contribution >= 4 is 0 Å². The van der Waals surface area contributed by atoms with Crippen molar-refractivity contribution in [3.8, 4) is 0 Å². The van der Waals surface area contributed by atoms with Crippen LogP contribution in [0.4, 0.5) is 0 Å². The van der Waals surface area contributed by atoms with Gasteiger partial charge in [-0.25, -0.2) is 0 Å². The van der Waals surface area contributed by atoms with Crippen molar-refractivity contribution in [2.45, 2.75) is 46.6 Å². The first kappa shape index (κ1) is 11.9. The first-order valence-corrected chi connectivity index (χ1v) is 4.74. The van der Waals surface area contributed by atoms with E-state index >= 15 is 0 Å². The first-order valence-electron chi connectivity index (χ1n) is 4.74. The molecular weight excluding hydrogens is 152 g/mol. The third-order valence-corrected chi connectivity index (χ3v) is 1.88. The molecule has 0 bridgehead atoms. The molecule has 1 N–H and O–H groups in total. The van der Waals surface area contributed by atoms with Crippen LogP contribution < -0.4 is 0 Å². The van der Waals surface area contributed by atoms with Gasteiger partial charge in [0, 0.05) is 5.41 Å². The Morgan fingerprint density at radius 1 is 1.42 bits per heavy atom. The largest absolute Gasteiger partial charge is 0.396 e. The van der Waals surface area contributed by atoms with E-state index in [4.69, 9.17) is 9.84 Å². The highest BCUT2D eigenvalue weighted by Crippen LogP contribution is 2.15. The molecule has 0 spiro atoms. The molecule has 74 valence electrons. The zero-order valence-corrected chi connectivity index (χ0v) is 8.76. The van der Waals surface area contributed by atoms with Crippen LogP contribution in [0.1, 0.15) is 40.5 Å². The van der Waals surface area contributed by atoms with Crippen LogP contribution >= 0.6 is 0 Å². The van der Waals surface area contributed by atoms with Gasteiger partial charge in [0.2, 0.25) is 0 Å². The second-order valence-electron chi connectivity index (χ2n) is 4.23. The molecule has 0 rings (SSSR count). The smallest absolute Gasteiger partial charge is 0.0547 e. The van der Waals surface area contributed by atoms with Crippen molar-refractivity contribution in [1.82, 2.24) is 0 Å². The standard InChI is InChI=1S/C10H22O2/c1-5-6-9(2)12-8-10(3,4)7-11/h9,11H,5-8H2,1-4H3. The molecule has 2 nitrogen and oxygen atoms in total. The van der Waals surface area contributed by atoms with Gasteiger partial charge in [0.25, 0.3) is 0 Å². The summed E-state index contributed by atoms with van der Waals surface area (Å²) in [6.45, 7) is 9.07. The molecule has 0 aliphatic heterocycles. The molecule has 0 fully saturated rings. The monoisotopic (exact) mass is 174 g/mol. The van der Waals surface area contributed by atoms with Gasteiger partial charge < -0.3 is 9.84 Å². The molecule has 0 aromatic carbocycles.